The number of carboxylic acids is 1. The molecule has 1 N–H and O–H groups in total. The summed E-state index contributed by atoms with van der Waals surface area (Å²) >= 11 is 0. The van der Waals surface area contributed by atoms with Crippen LogP contribution in [0.5, 0.6) is 0 Å². The number of nitrogens with zero attached hydrogens (tertiary/aromatic N) is 1. The van der Waals surface area contributed by atoms with Gasteiger partial charge in [-0.15, -0.1) is 0 Å². The van der Waals surface area contributed by atoms with Crippen LogP contribution in [0, 0.1) is 5.82 Å². The van der Waals surface area contributed by atoms with E-state index in [9.17, 15) is 9.18 Å². The fourth-order valence-electron chi connectivity index (χ4n) is 2.83. The summed E-state index contributed by atoms with van der Waals surface area (Å²) in [6.07, 6.45) is 2.08. The number of rotatable bonds is 2. The van der Waals surface area contributed by atoms with Gasteiger partial charge in [-0.25, -0.2) is 9.18 Å². The molecule has 4 heteroatoms. The topological polar surface area (TPSA) is 40.5 Å². The molecular formula is C15H20FNO2. The predicted octanol–water partition coefficient (Wildman–Crippen LogP) is 3.46. The van der Waals surface area contributed by atoms with Crippen molar-refractivity contribution in [1.82, 2.24) is 4.90 Å². The van der Waals surface area contributed by atoms with Gasteiger partial charge in [0, 0.05) is 11.6 Å². The zero-order valence-corrected chi connectivity index (χ0v) is 11.6. The molecule has 1 aromatic rings. The van der Waals surface area contributed by atoms with Crippen molar-refractivity contribution in [3.63, 3.8) is 0 Å². The molecule has 0 aromatic heterocycles. The van der Waals surface area contributed by atoms with E-state index in [0.717, 1.165) is 24.9 Å². The summed E-state index contributed by atoms with van der Waals surface area (Å²) in [6.45, 7) is 7.43. The van der Waals surface area contributed by atoms with E-state index in [4.69, 9.17) is 5.11 Å². The van der Waals surface area contributed by atoms with Crippen molar-refractivity contribution in [2.75, 3.05) is 6.54 Å². The van der Waals surface area contributed by atoms with Gasteiger partial charge in [-0.1, -0.05) is 6.07 Å². The van der Waals surface area contributed by atoms with Crippen LogP contribution < -0.4 is 0 Å². The van der Waals surface area contributed by atoms with E-state index in [1.165, 1.54) is 12.1 Å². The van der Waals surface area contributed by atoms with E-state index >= 15 is 0 Å². The summed E-state index contributed by atoms with van der Waals surface area (Å²) in [4.78, 5) is 13.2. The lowest BCUT2D eigenvalue weighted by molar-refractivity contribution is 0.0691. The van der Waals surface area contributed by atoms with Crippen LogP contribution >= 0.6 is 0 Å². The first-order valence-electron chi connectivity index (χ1n) is 6.60. The van der Waals surface area contributed by atoms with Gasteiger partial charge in [0.1, 0.15) is 5.82 Å². The molecule has 1 saturated heterocycles. The number of halogens is 1. The fourth-order valence-corrected chi connectivity index (χ4v) is 2.83. The van der Waals surface area contributed by atoms with E-state index < -0.39 is 11.8 Å². The van der Waals surface area contributed by atoms with Crippen molar-refractivity contribution in [3.05, 3.63) is 35.1 Å². The maximum Gasteiger partial charge on any atom is 0.338 e. The number of likely N-dealkylation sites (tertiary alicyclic amines) is 1. The van der Waals surface area contributed by atoms with Crippen LogP contribution in [0.2, 0.25) is 0 Å². The molecule has 1 aliphatic rings. The molecule has 0 saturated carbocycles. The summed E-state index contributed by atoms with van der Waals surface area (Å²) in [7, 11) is 0. The van der Waals surface area contributed by atoms with Crippen molar-refractivity contribution in [2.24, 2.45) is 0 Å². The first-order valence-corrected chi connectivity index (χ1v) is 6.60. The minimum Gasteiger partial charge on any atom is -0.478 e. The van der Waals surface area contributed by atoms with Gasteiger partial charge in [0.25, 0.3) is 0 Å². The van der Waals surface area contributed by atoms with Gasteiger partial charge >= 0.3 is 5.97 Å². The molecule has 0 amide bonds. The van der Waals surface area contributed by atoms with Crippen LogP contribution in [0.3, 0.4) is 0 Å². The van der Waals surface area contributed by atoms with Crippen LogP contribution in [0.25, 0.3) is 0 Å². The largest absolute Gasteiger partial charge is 0.478 e. The molecule has 1 aromatic carbocycles. The molecule has 1 atom stereocenters. The molecule has 2 rings (SSSR count). The van der Waals surface area contributed by atoms with Crippen molar-refractivity contribution in [2.45, 2.75) is 45.2 Å². The van der Waals surface area contributed by atoms with E-state index in [0.29, 0.717) is 0 Å². The molecule has 0 bridgehead atoms. The highest BCUT2D eigenvalue weighted by atomic mass is 19.1. The van der Waals surface area contributed by atoms with Crippen LogP contribution in [0.15, 0.2) is 18.2 Å². The van der Waals surface area contributed by atoms with Crippen LogP contribution in [0.4, 0.5) is 4.39 Å². The van der Waals surface area contributed by atoms with Crippen molar-refractivity contribution < 1.29 is 14.3 Å². The van der Waals surface area contributed by atoms with E-state index in [1.807, 2.05) is 0 Å². The molecule has 1 unspecified atom stereocenters. The molecule has 0 spiro atoms. The molecule has 0 radical (unpaired) electrons. The van der Waals surface area contributed by atoms with Crippen molar-refractivity contribution in [3.8, 4) is 0 Å². The molecular weight excluding hydrogens is 245 g/mol. The lowest BCUT2D eigenvalue weighted by Gasteiger charge is -2.37. The summed E-state index contributed by atoms with van der Waals surface area (Å²) in [6, 6.07) is 4.66. The Morgan fingerprint density at radius 2 is 2.11 bits per heavy atom. The SMILES string of the molecule is CC(C)(C)N1CCCC1c1ccc(C(=O)O)c(F)c1. The maximum absolute atomic E-state index is 13.8. The van der Waals surface area contributed by atoms with Gasteiger partial charge in [-0.3, -0.25) is 4.90 Å². The van der Waals surface area contributed by atoms with Crippen LogP contribution in [0.1, 0.15) is 55.6 Å². The smallest absolute Gasteiger partial charge is 0.338 e. The molecule has 1 aliphatic heterocycles. The lowest BCUT2D eigenvalue weighted by atomic mass is 9.98. The molecule has 0 aliphatic carbocycles. The highest BCUT2D eigenvalue weighted by Crippen LogP contribution is 2.37. The number of carboxylic acid groups (broad SMARTS) is 1. The Hall–Kier alpha value is -1.42. The third-order valence-electron chi connectivity index (χ3n) is 3.72. The molecule has 1 heterocycles. The fraction of sp³-hybridized carbons (Fsp3) is 0.533. The third-order valence-corrected chi connectivity index (χ3v) is 3.72. The normalized spacial score (nSPS) is 20.7. The van der Waals surface area contributed by atoms with Gasteiger partial charge in [0.05, 0.1) is 5.56 Å². The second kappa shape index (κ2) is 4.93. The zero-order chi connectivity index (χ0) is 14.2. The Morgan fingerprint density at radius 3 is 2.63 bits per heavy atom. The number of benzene rings is 1. The minimum absolute atomic E-state index is 0.0309. The monoisotopic (exact) mass is 265 g/mol. The third kappa shape index (κ3) is 2.78. The molecule has 104 valence electrons. The Balaban J connectivity index is 2.32. The second-order valence-electron chi connectivity index (χ2n) is 6.07. The summed E-state index contributed by atoms with van der Waals surface area (Å²) < 4.78 is 13.8. The molecule has 1 fully saturated rings. The number of hydrogen-bond donors (Lipinski definition) is 1. The standard InChI is InChI=1S/C15H20FNO2/c1-15(2,3)17-8-4-5-13(17)10-6-7-11(14(18)19)12(16)9-10/h6-7,9,13H,4-5,8H2,1-3H3,(H,18,19). The summed E-state index contributed by atoms with van der Waals surface area (Å²) in [5.41, 5.74) is 0.641. The Kier molecular flexibility index (Phi) is 3.63. The molecule has 3 nitrogen and oxygen atoms in total. The van der Waals surface area contributed by atoms with Gasteiger partial charge in [0.15, 0.2) is 0 Å². The van der Waals surface area contributed by atoms with Crippen molar-refractivity contribution >= 4 is 5.97 Å². The van der Waals surface area contributed by atoms with Crippen LogP contribution in [-0.2, 0) is 0 Å². The number of hydrogen-bond acceptors (Lipinski definition) is 2. The van der Waals surface area contributed by atoms with Gasteiger partial charge < -0.3 is 5.11 Å². The average Bonchev–Trinajstić information content (AvgIpc) is 2.76. The zero-order valence-electron chi connectivity index (χ0n) is 11.6. The first-order chi connectivity index (χ1) is 8.80. The second-order valence-corrected chi connectivity index (χ2v) is 6.07. The van der Waals surface area contributed by atoms with E-state index in [1.54, 1.807) is 6.07 Å². The highest BCUT2D eigenvalue weighted by molar-refractivity contribution is 5.87. The predicted molar refractivity (Wildman–Crippen MR) is 71.8 cm³/mol. The first kappa shape index (κ1) is 14.0. The Morgan fingerprint density at radius 1 is 1.42 bits per heavy atom. The average molecular weight is 265 g/mol. The quantitative estimate of drug-likeness (QED) is 0.890. The van der Waals surface area contributed by atoms with Gasteiger partial charge in [-0.05, 0) is 57.9 Å². The van der Waals surface area contributed by atoms with Crippen LogP contribution in [-0.4, -0.2) is 28.1 Å². The van der Waals surface area contributed by atoms with Gasteiger partial charge in [-0.2, -0.15) is 0 Å². The van der Waals surface area contributed by atoms with E-state index in [2.05, 4.69) is 25.7 Å². The van der Waals surface area contributed by atoms with E-state index in [-0.39, 0.29) is 17.1 Å². The van der Waals surface area contributed by atoms with Gasteiger partial charge in [0.2, 0.25) is 0 Å². The van der Waals surface area contributed by atoms with Crippen molar-refractivity contribution in [1.29, 1.82) is 0 Å². The summed E-state index contributed by atoms with van der Waals surface area (Å²) in [5, 5.41) is 8.85. The summed E-state index contributed by atoms with van der Waals surface area (Å²) in [5.74, 6) is -1.87. The number of aromatic carboxylic acids is 1. The molecule has 19 heavy (non-hydrogen) atoms. The lowest BCUT2D eigenvalue weighted by Crippen LogP contribution is -2.40. The highest BCUT2D eigenvalue weighted by Gasteiger charge is 2.34. The minimum atomic E-state index is -1.22. The Bertz CT molecular complexity index is 493. The number of carbonyl (C=O) groups is 1. The maximum atomic E-state index is 13.8. The Labute approximate surface area is 113 Å².